The van der Waals surface area contributed by atoms with Crippen molar-refractivity contribution in [2.75, 3.05) is 43.7 Å². The molecule has 2 saturated heterocycles. The van der Waals surface area contributed by atoms with Crippen LogP contribution in [-0.4, -0.2) is 114 Å². The Morgan fingerprint density at radius 2 is 0.974 bits per heavy atom. The van der Waals surface area contributed by atoms with Crippen molar-refractivity contribution in [1.82, 2.24) is 20.4 Å². The first-order valence-electron chi connectivity index (χ1n) is 24.7. The molecule has 25 heteroatoms. The molecule has 77 heavy (non-hydrogen) atoms. The van der Waals surface area contributed by atoms with E-state index in [4.69, 9.17) is 6.61 Å². The number of amides is 6. The van der Waals surface area contributed by atoms with Crippen molar-refractivity contribution in [3.63, 3.8) is 0 Å². The van der Waals surface area contributed by atoms with Crippen LogP contribution >= 0.6 is 79.9 Å². The molecule has 0 aromatic heterocycles. The van der Waals surface area contributed by atoms with Gasteiger partial charge in [0, 0.05) is 66.3 Å². The fraction of sp³-hybridized carbons (Fsp3) is 0.385. The molecule has 0 spiro atoms. The number of methoxy groups -OCH3 is 2. The van der Waals surface area contributed by atoms with E-state index in [1.807, 2.05) is 13.8 Å². The molecule has 4 atom stereocenters. The van der Waals surface area contributed by atoms with E-state index in [0.29, 0.717) is 72.5 Å². The summed E-state index contributed by atoms with van der Waals surface area (Å²) >= 11 is 8.87. The number of nitrogens with one attached hydrogen (secondary N) is 4. The van der Waals surface area contributed by atoms with Crippen molar-refractivity contribution in [1.29, 1.82) is 0.879 Å². The molecule has 4 aromatic rings. The summed E-state index contributed by atoms with van der Waals surface area (Å²) in [6.07, 6.45) is 1.33. The molecule has 6 N–H and O–H groups in total. The second kappa shape index (κ2) is 31.2. The number of benzene rings is 4. The minimum atomic E-state index is -2.36. The van der Waals surface area contributed by atoms with Gasteiger partial charge in [-0.15, -0.1) is 0 Å². The summed E-state index contributed by atoms with van der Waals surface area (Å²) in [4.78, 5) is 114. The maximum atomic E-state index is 13.1. The molecular formula is C52H63I4N8O12V. The van der Waals surface area contributed by atoms with Crippen molar-refractivity contribution in [2.24, 2.45) is 11.8 Å². The molecule has 2 aliphatic rings. The van der Waals surface area contributed by atoms with Crippen LogP contribution in [0.1, 0.15) is 85.2 Å². The topological polar surface area (TPSA) is 279 Å². The Morgan fingerprint density at radius 3 is 1.29 bits per heavy atom. The number of likely N-dealkylation sites (tertiary alicyclic amines) is 2. The summed E-state index contributed by atoms with van der Waals surface area (Å²) in [5, 5.41) is 21.6. The summed E-state index contributed by atoms with van der Waals surface area (Å²) in [5.74, 6) is -1.85. The SMILES string of the molecule is COC(=O)N[C@H](C(=O)N1CCC[C@H]1C(=O)Nc1ccc(CC(=O)c2ccc(N)cc2)cc1)C(C)C.COC(=O)N[C@H](C(=O)N1CCC[C@H]1C(=O)Nc1ccc(CC(=O)c2ccc([N+](=O)[O-])cc2)cc1)C(C)C.[2H][V]([I])([I])([I])[I]. The van der Waals surface area contributed by atoms with Crippen LogP contribution in [0.2, 0.25) is 0 Å². The predicted octanol–water partition coefficient (Wildman–Crippen LogP) is 9.61. The number of nitro benzene ring substituents is 1. The zero-order valence-electron chi connectivity index (χ0n) is 44.1. The summed E-state index contributed by atoms with van der Waals surface area (Å²) in [7, 11) is 2.46. The van der Waals surface area contributed by atoms with Crippen LogP contribution in [0, 0.1) is 22.0 Å². The minimum absolute atomic E-state index is 0.0258. The van der Waals surface area contributed by atoms with Gasteiger partial charge in [-0.3, -0.25) is 38.9 Å². The number of ketones is 2. The summed E-state index contributed by atoms with van der Waals surface area (Å²) in [6, 6.07) is 23.1. The zero-order chi connectivity index (χ0) is 58.1. The third kappa shape index (κ3) is 21.2. The Bertz CT molecular complexity index is 2770. The van der Waals surface area contributed by atoms with Crippen LogP contribution in [0.25, 0.3) is 0 Å². The van der Waals surface area contributed by atoms with Crippen molar-refractivity contribution >= 4 is 150 Å². The standard InChI is InChI=1S/C26H30N4O7.C26H32N4O5.4HI.V.H/c1-16(2)23(28-26(34)37-3)25(33)29-14-4-5-21(29)24(32)27-19-10-6-17(7-11-19)15-22(31)18-8-12-20(13-9-18)30(35)36;1-16(2)23(29-26(34)35-3)25(33)30-14-4-5-21(30)24(32)28-20-12-6-17(7-13-20)15-22(31)18-8-10-19(27)11-9-18;;;;;;/h6-13,16,21,23H,4-5,14-15H2,1-3H3,(H,27,32)(H,28,34);6-13,16,21,23H,4-5,14-15,27H2,1-3H3,(H,28,32)(H,29,34);4*1H;;/q;;;;;;+4;/p-4/t2*21-,23-;;;;;;/m00....../s1/i;;;;;;;1+1. The van der Waals surface area contributed by atoms with E-state index in [-0.39, 0.29) is 65.6 Å². The van der Waals surface area contributed by atoms with Crippen molar-refractivity contribution < 1.29 is 53.0 Å². The van der Waals surface area contributed by atoms with Gasteiger partial charge in [0.25, 0.3) is 5.69 Å². The Morgan fingerprint density at radius 1 is 0.636 bits per heavy atom. The Hall–Kier alpha value is -4.66. The normalized spacial score (nSPS) is 16.3. The van der Waals surface area contributed by atoms with Gasteiger partial charge in [0.1, 0.15) is 24.2 Å². The molecule has 2 heterocycles. The number of anilines is 3. The maximum absolute atomic E-state index is 13.1. The molecule has 6 amide bonds. The number of alkyl carbamates (subject to hydrolysis) is 2. The quantitative estimate of drug-likeness (QED) is 0.0217. The zero-order valence-corrected chi connectivity index (χ0v) is 53.2. The number of hydrogen-bond acceptors (Lipinski definition) is 13. The summed E-state index contributed by atoms with van der Waals surface area (Å²) < 4.78 is 14.3. The fourth-order valence-corrected chi connectivity index (χ4v) is 8.24. The Kier molecular flexibility index (Phi) is 25.6. The van der Waals surface area contributed by atoms with Gasteiger partial charge >= 0.3 is 93.2 Å². The van der Waals surface area contributed by atoms with Gasteiger partial charge < -0.3 is 46.3 Å². The summed E-state index contributed by atoms with van der Waals surface area (Å²) in [6.45, 7) is 8.10. The Balaban J connectivity index is 0.000000305. The van der Waals surface area contributed by atoms with Gasteiger partial charge in [-0.05, 0) is 109 Å². The molecule has 0 saturated carbocycles. The number of carbonyl (C=O) groups is 8. The monoisotopic (exact) mass is 1550 g/mol. The fourth-order valence-electron chi connectivity index (χ4n) is 8.24. The van der Waals surface area contributed by atoms with E-state index in [0.717, 1.165) is 5.56 Å². The number of hydrogen-bond donors (Lipinski definition) is 5. The molecule has 2 fully saturated rings. The third-order valence-electron chi connectivity index (χ3n) is 12.3. The van der Waals surface area contributed by atoms with Crippen molar-refractivity contribution in [3.05, 3.63) is 129 Å². The first kappa shape index (κ1) is 63.2. The molecule has 6 rings (SSSR count). The second-order valence-corrected chi connectivity index (χ2v) is 89.2. The van der Waals surface area contributed by atoms with Gasteiger partial charge in [-0.25, -0.2) is 9.59 Å². The molecule has 0 radical (unpaired) electrons. The number of nitrogens with two attached hydrogens (primary N) is 1. The van der Waals surface area contributed by atoms with Crippen LogP contribution in [0.4, 0.5) is 32.3 Å². The first-order valence-corrected chi connectivity index (χ1v) is 42.3. The predicted molar refractivity (Wildman–Crippen MR) is 325 cm³/mol. The average Bonchev–Trinajstić information content (AvgIpc) is 4.10. The van der Waals surface area contributed by atoms with E-state index < -0.39 is 41.5 Å². The van der Waals surface area contributed by atoms with Gasteiger partial charge in [-0.1, -0.05) is 52.0 Å². The van der Waals surface area contributed by atoms with Crippen molar-refractivity contribution in [3.8, 4) is 0 Å². The number of halogens is 4. The van der Waals surface area contributed by atoms with Crippen LogP contribution < -0.4 is 27.0 Å². The molecule has 416 valence electrons. The van der Waals surface area contributed by atoms with E-state index in [1.165, 1.54) is 48.3 Å². The second-order valence-electron chi connectivity index (χ2n) is 18.5. The first-order chi connectivity index (χ1) is 36.5. The third-order valence-corrected chi connectivity index (χ3v) is 12.3. The average molecular weight is 1550 g/mol. The number of Topliss-reactive ketones (excluding diaryl/α,β-unsaturated/α-hetero) is 2. The van der Waals surface area contributed by atoms with E-state index in [1.54, 1.807) is 86.6 Å². The number of nitrogen functional groups attached to an aromatic ring is 1. The van der Waals surface area contributed by atoms with Crippen LogP contribution in [-0.2, 0) is 41.7 Å². The molecule has 2 aliphatic heterocycles. The molecule has 0 unspecified atom stereocenters. The molecule has 4 aromatic carbocycles. The number of nitrogens with zero attached hydrogens (tertiary/aromatic N) is 3. The van der Waals surface area contributed by atoms with E-state index in [2.05, 4.69) is 111 Å². The van der Waals surface area contributed by atoms with Crippen LogP contribution in [0.3, 0.4) is 0 Å². The van der Waals surface area contributed by atoms with Gasteiger partial charge in [0.2, 0.25) is 23.6 Å². The van der Waals surface area contributed by atoms with E-state index >= 15 is 0 Å². The Labute approximate surface area is 494 Å². The number of non-ortho nitro benzene ring substituents is 1. The van der Waals surface area contributed by atoms with Crippen LogP contribution in [0.5, 0.6) is 0 Å². The molecule has 0 aliphatic carbocycles. The van der Waals surface area contributed by atoms with Gasteiger partial charge in [0.15, 0.2) is 11.6 Å². The number of ether oxygens (including phenoxy) is 2. The number of rotatable bonds is 17. The molecule has 20 nitrogen and oxygen atoms in total. The van der Waals surface area contributed by atoms with Gasteiger partial charge in [-0.2, -0.15) is 0 Å². The van der Waals surface area contributed by atoms with Crippen LogP contribution in [0.15, 0.2) is 97.1 Å². The number of nitro groups is 1. The van der Waals surface area contributed by atoms with Crippen molar-refractivity contribution in [2.45, 2.75) is 90.4 Å². The molecular weight excluding hydrogens is 1490 g/mol. The summed E-state index contributed by atoms with van der Waals surface area (Å²) in [5.41, 5.74) is 9.77. The van der Waals surface area contributed by atoms with E-state index in [9.17, 15) is 48.5 Å². The number of carbonyl (C=O) groups excluding carboxylic acids is 8. The molecule has 0 bridgehead atoms. The van der Waals surface area contributed by atoms with Gasteiger partial charge in [0.05, 0.1) is 19.1 Å².